The molecule has 1 aliphatic rings. The third kappa shape index (κ3) is 2.90. The Morgan fingerprint density at radius 2 is 2.31 bits per heavy atom. The highest BCUT2D eigenvalue weighted by Gasteiger charge is 2.18. The second-order valence-corrected chi connectivity index (χ2v) is 2.62. The zero-order valence-electron chi connectivity index (χ0n) is 7.50. The smallest absolute Gasteiger partial charge is 0.314 e. The van der Waals surface area contributed by atoms with Gasteiger partial charge in [-0.15, -0.1) is 0 Å². The second kappa shape index (κ2) is 4.66. The van der Waals surface area contributed by atoms with Crippen LogP contribution in [0.2, 0.25) is 0 Å². The monoisotopic (exact) mass is 187 g/mol. The van der Waals surface area contributed by atoms with Crippen molar-refractivity contribution in [2.45, 2.75) is 6.42 Å². The molecule has 0 aliphatic carbocycles. The zero-order valence-corrected chi connectivity index (χ0v) is 7.50. The Morgan fingerprint density at radius 1 is 1.54 bits per heavy atom. The molecule has 13 heavy (non-hydrogen) atoms. The van der Waals surface area contributed by atoms with Crippen LogP contribution in [0, 0.1) is 0 Å². The summed E-state index contributed by atoms with van der Waals surface area (Å²) in [4.78, 5) is 26.9. The fourth-order valence-electron chi connectivity index (χ4n) is 0.977. The minimum Gasteiger partial charge on any atom is -0.341 e. The van der Waals surface area contributed by atoms with E-state index in [9.17, 15) is 9.59 Å². The van der Waals surface area contributed by atoms with Crippen LogP contribution in [0.15, 0.2) is 0 Å². The molecule has 0 aromatic carbocycles. The molecule has 1 heterocycles. The lowest BCUT2D eigenvalue weighted by atomic mass is 10.4. The first-order valence-corrected chi connectivity index (χ1v) is 4.13. The second-order valence-electron chi connectivity index (χ2n) is 2.62. The predicted octanol–water partition coefficient (Wildman–Crippen LogP) is -0.921. The Kier molecular flexibility index (Phi) is 3.51. The number of carbonyl (C=O) groups excluding carboxylic acids is 2. The summed E-state index contributed by atoms with van der Waals surface area (Å²) in [6.07, 6.45) is 0.853. The summed E-state index contributed by atoms with van der Waals surface area (Å²) in [5.74, 6) is -0.221. The van der Waals surface area contributed by atoms with E-state index in [1.807, 2.05) is 0 Å². The van der Waals surface area contributed by atoms with Crippen molar-refractivity contribution in [1.82, 2.24) is 15.7 Å². The van der Waals surface area contributed by atoms with Crippen molar-refractivity contribution >= 4 is 11.9 Å². The predicted molar refractivity (Wildman–Crippen MR) is 44.7 cm³/mol. The molecule has 0 atom stereocenters. The number of nitrogens with one attached hydrogen (secondary N) is 2. The molecule has 1 fully saturated rings. The maximum absolute atomic E-state index is 11.2. The van der Waals surface area contributed by atoms with Gasteiger partial charge in [0.1, 0.15) is 6.54 Å². The topological polar surface area (TPSA) is 70.7 Å². The summed E-state index contributed by atoms with van der Waals surface area (Å²) in [7, 11) is 1.49. The first-order chi connectivity index (χ1) is 6.24. The van der Waals surface area contributed by atoms with Crippen molar-refractivity contribution in [3.05, 3.63) is 0 Å². The molecule has 1 saturated heterocycles. The van der Waals surface area contributed by atoms with Crippen molar-refractivity contribution in [2.75, 3.05) is 26.7 Å². The number of nitrogens with zero attached hydrogens (tertiary/aromatic N) is 1. The van der Waals surface area contributed by atoms with Crippen molar-refractivity contribution in [1.29, 1.82) is 0 Å². The summed E-state index contributed by atoms with van der Waals surface area (Å²) in [6, 6.07) is -0.368. The van der Waals surface area contributed by atoms with Gasteiger partial charge in [-0.1, -0.05) is 0 Å². The van der Waals surface area contributed by atoms with Crippen LogP contribution in [0.1, 0.15) is 6.42 Å². The van der Waals surface area contributed by atoms with E-state index in [0.717, 1.165) is 6.42 Å². The van der Waals surface area contributed by atoms with Crippen molar-refractivity contribution in [3.63, 3.8) is 0 Å². The van der Waals surface area contributed by atoms with Gasteiger partial charge in [0, 0.05) is 7.05 Å². The molecule has 0 unspecified atom stereocenters. The fourth-order valence-corrected chi connectivity index (χ4v) is 0.977. The molecule has 1 aliphatic heterocycles. The van der Waals surface area contributed by atoms with E-state index in [-0.39, 0.29) is 18.5 Å². The van der Waals surface area contributed by atoms with Gasteiger partial charge in [-0.3, -0.25) is 9.63 Å². The van der Waals surface area contributed by atoms with Crippen molar-refractivity contribution in [2.24, 2.45) is 0 Å². The highest BCUT2D eigenvalue weighted by atomic mass is 16.7. The van der Waals surface area contributed by atoms with E-state index in [2.05, 4.69) is 10.6 Å². The SMILES string of the molecule is CNC(=O)NCC(=O)N1CCCO1. The number of amides is 3. The molecular weight excluding hydrogens is 174 g/mol. The summed E-state index contributed by atoms with van der Waals surface area (Å²) in [5, 5.41) is 6.01. The van der Waals surface area contributed by atoms with Crippen LogP contribution in [0.4, 0.5) is 4.79 Å². The van der Waals surface area contributed by atoms with Gasteiger partial charge in [-0.05, 0) is 6.42 Å². The van der Waals surface area contributed by atoms with Crippen molar-refractivity contribution in [3.8, 4) is 0 Å². The van der Waals surface area contributed by atoms with Gasteiger partial charge in [0.2, 0.25) is 0 Å². The molecule has 0 spiro atoms. The van der Waals surface area contributed by atoms with E-state index < -0.39 is 0 Å². The Bertz CT molecular complexity index is 201. The van der Waals surface area contributed by atoms with E-state index in [1.54, 1.807) is 0 Å². The molecule has 0 radical (unpaired) electrons. The van der Waals surface area contributed by atoms with Gasteiger partial charge in [0.25, 0.3) is 5.91 Å². The average Bonchev–Trinajstić information content (AvgIpc) is 2.66. The largest absolute Gasteiger partial charge is 0.341 e. The molecule has 2 N–H and O–H groups in total. The number of carbonyl (C=O) groups is 2. The zero-order chi connectivity index (χ0) is 9.68. The van der Waals surface area contributed by atoms with Crippen LogP contribution in [-0.2, 0) is 9.63 Å². The average molecular weight is 187 g/mol. The van der Waals surface area contributed by atoms with Gasteiger partial charge >= 0.3 is 6.03 Å². The van der Waals surface area contributed by atoms with Crippen LogP contribution in [0.3, 0.4) is 0 Å². The van der Waals surface area contributed by atoms with Gasteiger partial charge in [-0.2, -0.15) is 0 Å². The van der Waals surface area contributed by atoms with Gasteiger partial charge < -0.3 is 10.6 Å². The van der Waals surface area contributed by atoms with Crippen LogP contribution in [0.25, 0.3) is 0 Å². The molecule has 0 saturated carbocycles. The molecule has 0 bridgehead atoms. The molecule has 3 amide bonds. The molecule has 6 nitrogen and oxygen atoms in total. The standard InChI is InChI=1S/C7H13N3O3/c1-8-7(12)9-5-6(11)10-3-2-4-13-10/h2-5H2,1H3,(H2,8,9,12). The third-order valence-corrected chi connectivity index (χ3v) is 1.66. The molecule has 1 rings (SSSR count). The number of hydrogen-bond acceptors (Lipinski definition) is 3. The number of rotatable bonds is 2. The summed E-state index contributed by atoms with van der Waals surface area (Å²) >= 11 is 0. The lowest BCUT2D eigenvalue weighted by molar-refractivity contribution is -0.167. The number of hydrogen-bond donors (Lipinski definition) is 2. The lowest BCUT2D eigenvalue weighted by Gasteiger charge is -2.13. The summed E-state index contributed by atoms with van der Waals surface area (Å²) in [6.45, 7) is 1.15. The minimum absolute atomic E-state index is 0.0281. The van der Waals surface area contributed by atoms with E-state index in [4.69, 9.17) is 4.84 Å². The number of hydroxylamine groups is 2. The van der Waals surface area contributed by atoms with Crippen LogP contribution in [-0.4, -0.2) is 43.7 Å². The van der Waals surface area contributed by atoms with E-state index in [0.29, 0.717) is 13.2 Å². The van der Waals surface area contributed by atoms with Gasteiger partial charge in [0.15, 0.2) is 0 Å². The Morgan fingerprint density at radius 3 is 2.85 bits per heavy atom. The molecule has 0 aromatic heterocycles. The van der Waals surface area contributed by atoms with Crippen LogP contribution < -0.4 is 10.6 Å². The van der Waals surface area contributed by atoms with E-state index >= 15 is 0 Å². The van der Waals surface area contributed by atoms with E-state index in [1.165, 1.54) is 12.1 Å². The first-order valence-electron chi connectivity index (χ1n) is 4.13. The summed E-state index contributed by atoms with van der Waals surface area (Å²) < 4.78 is 0. The maximum atomic E-state index is 11.2. The molecule has 0 aromatic rings. The summed E-state index contributed by atoms with van der Waals surface area (Å²) in [5.41, 5.74) is 0. The Labute approximate surface area is 76.2 Å². The van der Waals surface area contributed by atoms with Gasteiger partial charge in [0.05, 0.1) is 13.2 Å². The van der Waals surface area contributed by atoms with Crippen LogP contribution >= 0.6 is 0 Å². The highest BCUT2D eigenvalue weighted by molar-refractivity contribution is 5.83. The lowest BCUT2D eigenvalue weighted by Crippen LogP contribution is -2.41. The minimum atomic E-state index is -0.368. The molecular formula is C7H13N3O3. The maximum Gasteiger partial charge on any atom is 0.314 e. The third-order valence-electron chi connectivity index (χ3n) is 1.66. The number of urea groups is 1. The normalized spacial score (nSPS) is 15.6. The quantitative estimate of drug-likeness (QED) is 0.587. The van der Waals surface area contributed by atoms with Crippen molar-refractivity contribution < 1.29 is 14.4 Å². The molecule has 74 valence electrons. The first kappa shape index (κ1) is 9.79. The van der Waals surface area contributed by atoms with Crippen LogP contribution in [0.5, 0.6) is 0 Å². The Balaban J connectivity index is 2.20. The fraction of sp³-hybridized carbons (Fsp3) is 0.714. The highest BCUT2D eigenvalue weighted by Crippen LogP contribution is 2.03. The molecule has 6 heteroatoms. The Hall–Kier alpha value is -1.30. The van der Waals surface area contributed by atoms with Gasteiger partial charge in [-0.25, -0.2) is 9.86 Å².